The number of nitrogens with zero attached hydrogens (tertiary/aromatic N) is 4. The first-order chi connectivity index (χ1) is 13.9. The number of aromatic nitrogens is 1. The Labute approximate surface area is 174 Å². The van der Waals surface area contributed by atoms with Crippen LogP contribution in [0.1, 0.15) is 41.6 Å². The van der Waals surface area contributed by atoms with Gasteiger partial charge in [0.2, 0.25) is 0 Å². The predicted octanol–water partition coefficient (Wildman–Crippen LogP) is 2.96. The number of carbonyl (C=O) groups excluding carboxylic acids is 2. The van der Waals surface area contributed by atoms with Crippen LogP contribution in [-0.2, 0) is 6.54 Å². The van der Waals surface area contributed by atoms with Crippen LogP contribution in [0.4, 0.5) is 9.93 Å². The molecule has 2 fully saturated rings. The molecule has 1 N–H and O–H groups in total. The van der Waals surface area contributed by atoms with Crippen molar-refractivity contribution in [3.63, 3.8) is 0 Å². The minimum Gasteiger partial charge on any atom is -0.393 e. The highest BCUT2D eigenvalue weighted by Gasteiger charge is 2.42. The zero-order valence-corrected chi connectivity index (χ0v) is 17.5. The smallest absolute Gasteiger partial charge is 0.326 e. The molecule has 1 aromatic carbocycles. The molecule has 2 unspecified atom stereocenters. The van der Waals surface area contributed by atoms with Gasteiger partial charge in [-0.1, -0.05) is 12.1 Å². The third-order valence-electron chi connectivity index (χ3n) is 5.88. The number of rotatable bonds is 4. The average Bonchev–Trinajstić information content (AvgIpc) is 3.34. The van der Waals surface area contributed by atoms with E-state index >= 15 is 0 Å². The topological polar surface area (TPSA) is 77.0 Å². The molecule has 2 aromatic rings. The first-order valence-electron chi connectivity index (χ1n) is 9.92. The van der Waals surface area contributed by atoms with Crippen molar-refractivity contribution in [2.24, 2.45) is 0 Å². The molecule has 2 atom stereocenters. The van der Waals surface area contributed by atoms with Gasteiger partial charge in [-0.05, 0) is 43.4 Å². The fourth-order valence-corrected chi connectivity index (χ4v) is 5.04. The molecule has 1 aromatic heterocycles. The Kier molecular flexibility index (Phi) is 5.56. The minimum absolute atomic E-state index is 0.0453. The summed E-state index contributed by atoms with van der Waals surface area (Å²) in [6, 6.07) is 7.66. The number of fused-ring (bicyclic) bond motifs is 2. The van der Waals surface area contributed by atoms with Gasteiger partial charge >= 0.3 is 6.03 Å². The molecular weight excluding hydrogens is 388 g/mol. The molecule has 2 aliphatic rings. The fraction of sp³-hybridized carbons (Fsp3) is 0.476. The van der Waals surface area contributed by atoms with Gasteiger partial charge in [0, 0.05) is 49.9 Å². The van der Waals surface area contributed by atoms with E-state index in [1.165, 1.54) is 16.2 Å². The maximum atomic E-state index is 13.0. The lowest BCUT2D eigenvalue weighted by Crippen LogP contribution is -2.48. The first-order valence-corrected chi connectivity index (χ1v) is 10.8. The van der Waals surface area contributed by atoms with E-state index in [9.17, 15) is 14.7 Å². The highest BCUT2D eigenvalue weighted by atomic mass is 32.1. The van der Waals surface area contributed by atoms with Gasteiger partial charge in [-0.25, -0.2) is 9.78 Å². The van der Waals surface area contributed by atoms with E-state index in [-0.39, 0.29) is 30.1 Å². The number of anilines is 1. The van der Waals surface area contributed by atoms with Crippen molar-refractivity contribution in [2.45, 2.75) is 50.4 Å². The van der Waals surface area contributed by atoms with Gasteiger partial charge in [-0.3, -0.25) is 9.69 Å². The van der Waals surface area contributed by atoms with Crippen molar-refractivity contribution in [1.29, 1.82) is 0 Å². The number of piperidine rings is 1. The van der Waals surface area contributed by atoms with E-state index in [1.54, 1.807) is 25.2 Å². The zero-order chi connectivity index (χ0) is 20.5. The molecule has 8 heteroatoms. The van der Waals surface area contributed by atoms with Gasteiger partial charge < -0.3 is 14.9 Å². The standard InChI is InChI=1S/C21H26N4O3S/c1-23(21(28)24(2)20-22-9-10-29-20)13-14-3-5-15(6-4-14)19(27)25-16-7-8-17(25)12-18(26)11-16/h3-6,9-10,16-18,26H,7-8,11-13H2,1-2H3. The number of amides is 3. The summed E-state index contributed by atoms with van der Waals surface area (Å²) in [5, 5.41) is 12.4. The van der Waals surface area contributed by atoms with Gasteiger partial charge in [0.05, 0.1) is 6.10 Å². The molecule has 7 nitrogen and oxygen atoms in total. The van der Waals surface area contributed by atoms with Crippen LogP contribution in [0.5, 0.6) is 0 Å². The fourth-order valence-electron chi connectivity index (χ4n) is 4.44. The van der Waals surface area contributed by atoms with Crippen LogP contribution in [0.2, 0.25) is 0 Å². The summed E-state index contributed by atoms with van der Waals surface area (Å²) < 4.78 is 0. The predicted molar refractivity (Wildman–Crippen MR) is 112 cm³/mol. The molecule has 0 spiro atoms. The van der Waals surface area contributed by atoms with E-state index in [0.29, 0.717) is 30.1 Å². The van der Waals surface area contributed by atoms with Crippen LogP contribution in [0, 0.1) is 0 Å². The summed E-state index contributed by atoms with van der Waals surface area (Å²) in [6.45, 7) is 0.449. The molecule has 0 radical (unpaired) electrons. The summed E-state index contributed by atoms with van der Waals surface area (Å²) >= 11 is 1.42. The van der Waals surface area contributed by atoms with E-state index in [0.717, 1.165) is 18.4 Å². The van der Waals surface area contributed by atoms with Crippen LogP contribution >= 0.6 is 11.3 Å². The average molecular weight is 415 g/mol. The lowest BCUT2D eigenvalue weighted by molar-refractivity contribution is 0.0287. The Hall–Kier alpha value is -2.45. The van der Waals surface area contributed by atoms with Crippen LogP contribution in [0.15, 0.2) is 35.8 Å². The van der Waals surface area contributed by atoms with Gasteiger partial charge in [-0.2, -0.15) is 0 Å². The van der Waals surface area contributed by atoms with Crippen molar-refractivity contribution in [1.82, 2.24) is 14.8 Å². The molecule has 2 saturated heterocycles. The Bertz CT molecular complexity index is 857. The van der Waals surface area contributed by atoms with Crippen LogP contribution in [0.3, 0.4) is 0 Å². The molecular formula is C21H26N4O3S. The summed E-state index contributed by atoms with van der Waals surface area (Å²) in [4.78, 5) is 34.9. The van der Waals surface area contributed by atoms with Gasteiger partial charge in [-0.15, -0.1) is 11.3 Å². The minimum atomic E-state index is -0.283. The molecule has 2 aliphatic heterocycles. The monoisotopic (exact) mass is 414 g/mol. The number of aliphatic hydroxyl groups is 1. The second-order valence-corrected chi connectivity index (χ2v) is 8.80. The molecule has 0 saturated carbocycles. The van der Waals surface area contributed by atoms with Gasteiger partial charge in [0.25, 0.3) is 5.91 Å². The first kappa shape index (κ1) is 19.8. The maximum Gasteiger partial charge on any atom is 0.326 e. The van der Waals surface area contributed by atoms with Crippen molar-refractivity contribution >= 4 is 28.4 Å². The Morgan fingerprint density at radius 1 is 1.17 bits per heavy atom. The van der Waals surface area contributed by atoms with E-state index in [4.69, 9.17) is 0 Å². The van der Waals surface area contributed by atoms with Crippen LogP contribution in [-0.4, -0.2) is 64.1 Å². The molecule has 29 heavy (non-hydrogen) atoms. The number of carbonyl (C=O) groups is 2. The number of aliphatic hydroxyl groups excluding tert-OH is 1. The summed E-state index contributed by atoms with van der Waals surface area (Å²) in [5.74, 6) is 0.0453. The van der Waals surface area contributed by atoms with Crippen molar-refractivity contribution < 1.29 is 14.7 Å². The van der Waals surface area contributed by atoms with E-state index in [2.05, 4.69) is 4.98 Å². The zero-order valence-electron chi connectivity index (χ0n) is 16.7. The van der Waals surface area contributed by atoms with Crippen LogP contribution in [0.25, 0.3) is 0 Å². The Morgan fingerprint density at radius 3 is 2.41 bits per heavy atom. The largest absolute Gasteiger partial charge is 0.393 e. The molecule has 154 valence electrons. The molecule has 0 aliphatic carbocycles. The van der Waals surface area contributed by atoms with E-state index < -0.39 is 0 Å². The summed E-state index contributed by atoms with van der Waals surface area (Å²) in [7, 11) is 3.46. The molecule has 3 heterocycles. The maximum absolute atomic E-state index is 13.0. The van der Waals surface area contributed by atoms with Crippen molar-refractivity contribution in [3.05, 3.63) is 47.0 Å². The lowest BCUT2D eigenvalue weighted by atomic mass is 9.98. The van der Waals surface area contributed by atoms with Gasteiger partial charge in [0.1, 0.15) is 0 Å². The highest BCUT2D eigenvalue weighted by molar-refractivity contribution is 7.13. The molecule has 4 rings (SSSR count). The quantitative estimate of drug-likeness (QED) is 0.835. The number of hydrogen-bond donors (Lipinski definition) is 1. The van der Waals surface area contributed by atoms with Crippen molar-refractivity contribution in [2.75, 3.05) is 19.0 Å². The highest BCUT2D eigenvalue weighted by Crippen LogP contribution is 2.36. The number of urea groups is 1. The second kappa shape index (κ2) is 8.12. The van der Waals surface area contributed by atoms with Crippen LogP contribution < -0.4 is 4.90 Å². The number of hydrogen-bond acceptors (Lipinski definition) is 5. The lowest BCUT2D eigenvalue weighted by Gasteiger charge is -2.37. The number of benzene rings is 1. The molecule has 2 bridgehead atoms. The Balaban J connectivity index is 1.39. The summed E-state index contributed by atoms with van der Waals surface area (Å²) in [6.07, 6.45) is 4.71. The van der Waals surface area contributed by atoms with Gasteiger partial charge in [0.15, 0.2) is 5.13 Å². The normalized spacial score (nSPS) is 23.1. The molecule has 3 amide bonds. The summed E-state index contributed by atoms with van der Waals surface area (Å²) in [5.41, 5.74) is 1.62. The third kappa shape index (κ3) is 4.00. The number of thiazole rings is 1. The SMILES string of the molecule is CN(Cc1ccc(C(=O)N2C3CCC2CC(O)C3)cc1)C(=O)N(C)c1nccs1. The van der Waals surface area contributed by atoms with E-state index in [1.807, 2.05) is 34.5 Å². The third-order valence-corrected chi connectivity index (χ3v) is 6.73. The van der Waals surface area contributed by atoms with Crippen molar-refractivity contribution in [3.8, 4) is 0 Å². The second-order valence-electron chi connectivity index (χ2n) is 7.93. The Morgan fingerprint density at radius 2 is 1.83 bits per heavy atom.